The van der Waals surface area contributed by atoms with Gasteiger partial charge in [0.25, 0.3) is 5.91 Å². The van der Waals surface area contributed by atoms with Crippen molar-refractivity contribution in [1.29, 1.82) is 0 Å². The Hall–Kier alpha value is -1.61. The maximum Gasteiger partial charge on any atom is 0.254 e. The first-order chi connectivity index (χ1) is 9.88. The predicted molar refractivity (Wildman–Crippen MR) is 90.6 cm³/mol. The fraction of sp³-hybridized carbons (Fsp3) is 0.278. The van der Waals surface area contributed by atoms with Crippen molar-refractivity contribution in [3.63, 3.8) is 0 Å². The summed E-state index contributed by atoms with van der Waals surface area (Å²) in [6.45, 7) is 6.75. The summed E-state index contributed by atoms with van der Waals surface area (Å²) >= 11 is 3.43. The zero-order chi connectivity index (χ0) is 15.6. The van der Waals surface area contributed by atoms with Gasteiger partial charge in [0, 0.05) is 23.6 Å². The lowest BCUT2D eigenvalue weighted by Crippen LogP contribution is -2.27. The van der Waals surface area contributed by atoms with Gasteiger partial charge in [0.2, 0.25) is 0 Å². The van der Waals surface area contributed by atoms with E-state index in [1.165, 1.54) is 16.7 Å². The molecule has 110 valence electrons. The molecular formula is C18H20BrNO. The van der Waals surface area contributed by atoms with E-state index >= 15 is 0 Å². The largest absolute Gasteiger partial charge is 0.337 e. The number of benzene rings is 2. The maximum atomic E-state index is 12.6. The first kappa shape index (κ1) is 15.8. The minimum atomic E-state index is 0.0498. The Morgan fingerprint density at radius 3 is 2.43 bits per heavy atom. The van der Waals surface area contributed by atoms with Crippen LogP contribution in [0, 0.1) is 20.8 Å². The molecule has 0 aliphatic rings. The van der Waals surface area contributed by atoms with Crippen LogP contribution >= 0.6 is 15.9 Å². The third-order valence-corrected chi connectivity index (χ3v) is 4.18. The summed E-state index contributed by atoms with van der Waals surface area (Å²) in [5.41, 5.74) is 5.39. The lowest BCUT2D eigenvalue weighted by Gasteiger charge is -2.20. The molecule has 21 heavy (non-hydrogen) atoms. The number of rotatable bonds is 3. The second-order valence-corrected chi connectivity index (χ2v) is 6.47. The first-order valence-corrected chi connectivity index (χ1v) is 7.75. The summed E-state index contributed by atoms with van der Waals surface area (Å²) < 4.78 is 0.927. The summed E-state index contributed by atoms with van der Waals surface area (Å²) in [5, 5.41) is 0. The number of nitrogens with zero attached hydrogens (tertiary/aromatic N) is 1. The van der Waals surface area contributed by atoms with Crippen molar-refractivity contribution in [2.24, 2.45) is 0 Å². The molecule has 2 nitrogen and oxygen atoms in total. The molecule has 0 bridgehead atoms. The van der Waals surface area contributed by atoms with Gasteiger partial charge in [-0.25, -0.2) is 0 Å². The van der Waals surface area contributed by atoms with Gasteiger partial charge < -0.3 is 4.90 Å². The van der Waals surface area contributed by atoms with E-state index in [2.05, 4.69) is 48.0 Å². The zero-order valence-corrected chi connectivity index (χ0v) is 14.5. The number of hydrogen-bond acceptors (Lipinski definition) is 1. The number of aryl methyl sites for hydroxylation is 3. The molecule has 0 aromatic heterocycles. The summed E-state index contributed by atoms with van der Waals surface area (Å²) in [4.78, 5) is 14.4. The summed E-state index contributed by atoms with van der Waals surface area (Å²) in [6, 6.07) is 12.1. The molecule has 0 fully saturated rings. The van der Waals surface area contributed by atoms with Crippen LogP contribution in [0.3, 0.4) is 0 Å². The van der Waals surface area contributed by atoms with Crippen molar-refractivity contribution < 1.29 is 4.79 Å². The van der Waals surface area contributed by atoms with Crippen LogP contribution in [0.1, 0.15) is 32.6 Å². The lowest BCUT2D eigenvalue weighted by molar-refractivity contribution is 0.0784. The van der Waals surface area contributed by atoms with Crippen LogP contribution < -0.4 is 0 Å². The average Bonchev–Trinajstić information content (AvgIpc) is 2.43. The summed E-state index contributed by atoms with van der Waals surface area (Å²) in [7, 11) is 1.85. The van der Waals surface area contributed by atoms with E-state index in [4.69, 9.17) is 0 Å². The smallest absolute Gasteiger partial charge is 0.254 e. The second-order valence-electron chi connectivity index (χ2n) is 5.55. The number of hydrogen-bond donors (Lipinski definition) is 0. The highest BCUT2D eigenvalue weighted by Crippen LogP contribution is 2.19. The molecule has 0 atom stereocenters. The molecule has 3 heteroatoms. The molecule has 0 heterocycles. The van der Waals surface area contributed by atoms with Gasteiger partial charge in [-0.2, -0.15) is 0 Å². The Labute approximate surface area is 134 Å². The molecule has 0 saturated carbocycles. The molecular weight excluding hydrogens is 326 g/mol. The molecule has 0 aliphatic heterocycles. The van der Waals surface area contributed by atoms with E-state index in [0.717, 1.165) is 15.6 Å². The molecule has 2 aromatic carbocycles. The second kappa shape index (κ2) is 6.44. The minimum Gasteiger partial charge on any atom is -0.337 e. The number of carbonyl (C=O) groups excluding carboxylic acids is 1. The Morgan fingerprint density at radius 1 is 1.05 bits per heavy atom. The molecule has 1 amide bonds. The van der Waals surface area contributed by atoms with Crippen LogP contribution in [0.5, 0.6) is 0 Å². The van der Waals surface area contributed by atoms with E-state index in [9.17, 15) is 4.79 Å². The van der Waals surface area contributed by atoms with Gasteiger partial charge in [0.15, 0.2) is 0 Å². The van der Waals surface area contributed by atoms with Gasteiger partial charge in [-0.1, -0.05) is 45.8 Å². The van der Waals surface area contributed by atoms with Crippen LogP contribution in [0.15, 0.2) is 40.9 Å². The molecule has 0 radical (unpaired) electrons. The van der Waals surface area contributed by atoms with Gasteiger partial charge in [0.05, 0.1) is 0 Å². The predicted octanol–water partition coefficient (Wildman–Crippen LogP) is 4.65. The highest BCUT2D eigenvalue weighted by Gasteiger charge is 2.15. The highest BCUT2D eigenvalue weighted by atomic mass is 79.9. The van der Waals surface area contributed by atoms with Gasteiger partial charge in [0.1, 0.15) is 0 Å². The Balaban J connectivity index is 2.21. The zero-order valence-electron chi connectivity index (χ0n) is 12.9. The Bertz CT molecular complexity index is 679. The highest BCUT2D eigenvalue weighted by molar-refractivity contribution is 9.10. The third kappa shape index (κ3) is 3.73. The maximum absolute atomic E-state index is 12.6. The van der Waals surface area contributed by atoms with Crippen molar-refractivity contribution in [2.75, 3.05) is 7.05 Å². The van der Waals surface area contributed by atoms with Gasteiger partial charge in [-0.3, -0.25) is 4.79 Å². The van der Waals surface area contributed by atoms with E-state index in [1.54, 1.807) is 4.90 Å². The van der Waals surface area contributed by atoms with Crippen molar-refractivity contribution in [1.82, 2.24) is 4.90 Å². The van der Waals surface area contributed by atoms with Crippen LogP contribution in [0.25, 0.3) is 0 Å². The molecule has 0 aliphatic carbocycles. The SMILES string of the molecule is Cc1ccc(CN(C)C(=O)c2cc(Br)ccc2C)c(C)c1. The van der Waals surface area contributed by atoms with Gasteiger partial charge in [-0.05, 0) is 49.6 Å². The fourth-order valence-corrected chi connectivity index (χ4v) is 2.74. The van der Waals surface area contributed by atoms with Crippen LogP contribution in [0.2, 0.25) is 0 Å². The first-order valence-electron chi connectivity index (χ1n) is 6.96. The van der Waals surface area contributed by atoms with Crippen LogP contribution in [-0.2, 0) is 6.54 Å². The molecule has 2 rings (SSSR count). The topological polar surface area (TPSA) is 20.3 Å². The van der Waals surface area contributed by atoms with E-state index < -0.39 is 0 Å². The normalized spacial score (nSPS) is 10.5. The minimum absolute atomic E-state index is 0.0498. The monoisotopic (exact) mass is 345 g/mol. The Kier molecular flexibility index (Phi) is 4.84. The third-order valence-electron chi connectivity index (χ3n) is 3.68. The lowest BCUT2D eigenvalue weighted by atomic mass is 10.0. The van der Waals surface area contributed by atoms with Crippen molar-refractivity contribution in [2.45, 2.75) is 27.3 Å². The summed E-state index contributed by atoms with van der Waals surface area (Å²) in [6.07, 6.45) is 0. The van der Waals surface area contributed by atoms with E-state index in [0.29, 0.717) is 6.54 Å². The number of carbonyl (C=O) groups is 1. The standard InChI is InChI=1S/C18H20BrNO/c1-12-5-7-15(14(3)9-12)11-20(4)18(21)17-10-16(19)8-6-13(17)2/h5-10H,11H2,1-4H3. The molecule has 0 unspecified atom stereocenters. The Morgan fingerprint density at radius 2 is 1.76 bits per heavy atom. The van der Waals surface area contributed by atoms with Crippen LogP contribution in [0.4, 0.5) is 0 Å². The van der Waals surface area contributed by atoms with Crippen molar-refractivity contribution in [3.05, 3.63) is 68.7 Å². The van der Waals surface area contributed by atoms with Gasteiger partial charge >= 0.3 is 0 Å². The molecule has 0 saturated heterocycles. The quantitative estimate of drug-likeness (QED) is 0.792. The van der Waals surface area contributed by atoms with Gasteiger partial charge in [-0.15, -0.1) is 0 Å². The number of halogens is 1. The molecule has 0 spiro atoms. The average molecular weight is 346 g/mol. The molecule has 0 N–H and O–H groups in total. The van der Waals surface area contributed by atoms with Crippen LogP contribution in [-0.4, -0.2) is 17.9 Å². The number of amides is 1. The van der Waals surface area contributed by atoms with Crippen molar-refractivity contribution >= 4 is 21.8 Å². The fourth-order valence-electron chi connectivity index (χ4n) is 2.38. The van der Waals surface area contributed by atoms with E-state index in [1.807, 2.05) is 32.2 Å². The molecule has 2 aromatic rings. The summed E-state index contributed by atoms with van der Waals surface area (Å²) in [5.74, 6) is 0.0498. The van der Waals surface area contributed by atoms with E-state index in [-0.39, 0.29) is 5.91 Å². The van der Waals surface area contributed by atoms with Crippen molar-refractivity contribution in [3.8, 4) is 0 Å².